The van der Waals surface area contributed by atoms with Crippen LogP contribution in [0.15, 0.2) is 30.3 Å². The maximum atomic E-state index is 8.93. The monoisotopic (exact) mass is 180 g/mol. The minimum absolute atomic E-state index is 0. The molecule has 0 fully saturated rings. The zero-order chi connectivity index (χ0) is 7.82. The molecule has 0 atom stereocenters. The van der Waals surface area contributed by atoms with Crippen molar-refractivity contribution in [2.45, 2.75) is 6.92 Å². The second-order valence-electron chi connectivity index (χ2n) is 1.58. The van der Waals surface area contributed by atoms with E-state index in [0.717, 1.165) is 5.02 Å². The van der Waals surface area contributed by atoms with Crippen LogP contribution in [0.4, 0.5) is 0 Å². The Bertz CT molecular complexity index is 155. The summed E-state index contributed by atoms with van der Waals surface area (Å²) in [6, 6.07) is 9.44. The molecule has 0 aliphatic carbocycles. The summed E-state index contributed by atoms with van der Waals surface area (Å²) < 4.78 is 0. The quantitative estimate of drug-likeness (QED) is 0.456. The van der Waals surface area contributed by atoms with Crippen LogP contribution < -0.4 is 34.7 Å². The van der Waals surface area contributed by atoms with Crippen LogP contribution in [-0.2, 0) is 0 Å². The predicted molar refractivity (Wildman–Crippen MR) is 42.0 cm³/mol. The molecule has 11 heavy (non-hydrogen) atoms. The van der Waals surface area contributed by atoms with E-state index in [0.29, 0.717) is 0 Å². The molecule has 1 aromatic carbocycles. The molecule has 0 aliphatic heterocycles. The molecule has 56 valence electrons. The fraction of sp³-hybridized carbons (Fsp3) is 0.250. The van der Waals surface area contributed by atoms with E-state index in [-0.39, 0.29) is 36.2 Å². The van der Waals surface area contributed by atoms with Crippen LogP contribution >= 0.6 is 11.6 Å². The van der Waals surface area contributed by atoms with E-state index in [1.165, 1.54) is 0 Å². The minimum Gasteiger partial charge on any atom is -0.855 e. The van der Waals surface area contributed by atoms with Crippen LogP contribution in [-0.4, -0.2) is 6.61 Å². The third kappa shape index (κ3) is 10.5. The van der Waals surface area contributed by atoms with Crippen molar-refractivity contribution in [3.8, 4) is 0 Å². The van der Waals surface area contributed by atoms with Crippen molar-refractivity contribution in [1.29, 1.82) is 0 Å². The summed E-state index contributed by atoms with van der Waals surface area (Å²) in [6.07, 6.45) is 0. The van der Waals surface area contributed by atoms with Crippen molar-refractivity contribution in [1.82, 2.24) is 0 Å². The Morgan fingerprint density at radius 3 is 1.82 bits per heavy atom. The second-order valence-corrected chi connectivity index (χ2v) is 2.02. The van der Waals surface area contributed by atoms with Crippen molar-refractivity contribution in [3.05, 3.63) is 35.4 Å². The molecular formula is C8H10ClNaO. The fourth-order valence-corrected chi connectivity index (χ4v) is 0.560. The molecule has 0 heterocycles. The molecule has 0 spiro atoms. The van der Waals surface area contributed by atoms with Crippen LogP contribution in [0.2, 0.25) is 5.02 Å². The van der Waals surface area contributed by atoms with Crippen LogP contribution in [0.3, 0.4) is 0 Å². The molecule has 0 aromatic heterocycles. The average Bonchev–Trinajstić information content (AvgIpc) is 1.91. The van der Waals surface area contributed by atoms with E-state index in [1.54, 1.807) is 6.92 Å². The number of halogens is 1. The van der Waals surface area contributed by atoms with Crippen molar-refractivity contribution in [2.24, 2.45) is 0 Å². The summed E-state index contributed by atoms with van der Waals surface area (Å²) in [6.45, 7) is 1.57. The SMILES string of the molecule is CC[O-].Clc1ccccc1.[Na+]. The van der Waals surface area contributed by atoms with Gasteiger partial charge < -0.3 is 5.11 Å². The van der Waals surface area contributed by atoms with E-state index in [1.807, 2.05) is 30.3 Å². The zero-order valence-corrected chi connectivity index (χ0v) is 9.64. The molecule has 0 radical (unpaired) electrons. The van der Waals surface area contributed by atoms with Gasteiger partial charge in [0.15, 0.2) is 0 Å². The summed E-state index contributed by atoms with van der Waals surface area (Å²) in [5, 5.41) is 9.72. The van der Waals surface area contributed by atoms with Gasteiger partial charge in [-0.1, -0.05) is 36.7 Å². The second kappa shape index (κ2) is 10.5. The molecule has 3 heteroatoms. The Morgan fingerprint density at radius 1 is 1.27 bits per heavy atom. The topological polar surface area (TPSA) is 23.1 Å². The average molecular weight is 181 g/mol. The Morgan fingerprint density at radius 2 is 1.64 bits per heavy atom. The summed E-state index contributed by atoms with van der Waals surface area (Å²) in [4.78, 5) is 0. The fourth-order valence-electron chi connectivity index (χ4n) is 0.415. The Balaban J connectivity index is 0. The van der Waals surface area contributed by atoms with Crippen molar-refractivity contribution >= 4 is 11.6 Å². The molecular weight excluding hydrogens is 171 g/mol. The van der Waals surface area contributed by atoms with Crippen molar-refractivity contribution in [2.75, 3.05) is 6.61 Å². The Hall–Kier alpha value is 0.470. The van der Waals surface area contributed by atoms with E-state index >= 15 is 0 Å². The maximum Gasteiger partial charge on any atom is 1.00 e. The molecule has 0 aliphatic rings. The molecule has 1 nitrogen and oxygen atoms in total. The third-order valence-corrected chi connectivity index (χ3v) is 0.985. The van der Waals surface area contributed by atoms with Gasteiger partial charge in [0.1, 0.15) is 0 Å². The predicted octanol–water partition coefficient (Wildman–Crippen LogP) is -1.29. The third-order valence-electron chi connectivity index (χ3n) is 0.733. The van der Waals surface area contributed by atoms with Gasteiger partial charge in [0.25, 0.3) is 0 Å². The molecule has 0 saturated heterocycles. The van der Waals surface area contributed by atoms with Gasteiger partial charge in [-0.25, -0.2) is 0 Å². The van der Waals surface area contributed by atoms with Crippen LogP contribution in [0, 0.1) is 0 Å². The van der Waals surface area contributed by atoms with E-state index in [2.05, 4.69) is 0 Å². The number of hydrogen-bond acceptors (Lipinski definition) is 1. The molecule has 1 rings (SSSR count). The first kappa shape index (κ1) is 14.0. The molecule has 0 unspecified atom stereocenters. The van der Waals surface area contributed by atoms with Crippen LogP contribution in [0.25, 0.3) is 0 Å². The van der Waals surface area contributed by atoms with Crippen molar-refractivity contribution < 1.29 is 34.7 Å². The summed E-state index contributed by atoms with van der Waals surface area (Å²) in [5.41, 5.74) is 0. The van der Waals surface area contributed by atoms with E-state index in [4.69, 9.17) is 16.7 Å². The van der Waals surface area contributed by atoms with Gasteiger partial charge >= 0.3 is 29.6 Å². The normalized spacial score (nSPS) is 7.18. The first-order chi connectivity index (χ1) is 4.81. The number of benzene rings is 1. The van der Waals surface area contributed by atoms with Gasteiger partial charge in [0, 0.05) is 5.02 Å². The van der Waals surface area contributed by atoms with Gasteiger partial charge in [0.05, 0.1) is 0 Å². The summed E-state index contributed by atoms with van der Waals surface area (Å²) in [7, 11) is 0. The maximum absolute atomic E-state index is 8.93. The Labute approximate surface area is 94.7 Å². The number of rotatable bonds is 0. The van der Waals surface area contributed by atoms with Gasteiger partial charge in [0.2, 0.25) is 0 Å². The van der Waals surface area contributed by atoms with Crippen LogP contribution in [0.1, 0.15) is 6.92 Å². The van der Waals surface area contributed by atoms with Crippen LogP contribution in [0.5, 0.6) is 0 Å². The van der Waals surface area contributed by atoms with Gasteiger partial charge in [-0.15, -0.1) is 6.61 Å². The first-order valence-electron chi connectivity index (χ1n) is 3.10. The summed E-state index contributed by atoms with van der Waals surface area (Å²) in [5.74, 6) is 0. The molecule has 0 amide bonds. The van der Waals surface area contributed by atoms with Crippen molar-refractivity contribution in [3.63, 3.8) is 0 Å². The molecule has 0 bridgehead atoms. The Kier molecular flexibility index (Phi) is 13.3. The largest absolute Gasteiger partial charge is 1.00 e. The molecule has 1 aromatic rings. The van der Waals surface area contributed by atoms with E-state index < -0.39 is 0 Å². The van der Waals surface area contributed by atoms with Gasteiger partial charge in [-0.05, 0) is 12.1 Å². The van der Waals surface area contributed by atoms with Gasteiger partial charge in [-0.3, -0.25) is 0 Å². The van der Waals surface area contributed by atoms with E-state index in [9.17, 15) is 0 Å². The zero-order valence-electron chi connectivity index (χ0n) is 6.88. The minimum atomic E-state index is 0. The summed E-state index contributed by atoms with van der Waals surface area (Å²) >= 11 is 5.54. The number of hydrogen-bond donors (Lipinski definition) is 0. The van der Waals surface area contributed by atoms with Gasteiger partial charge in [-0.2, -0.15) is 0 Å². The standard InChI is InChI=1S/C6H5Cl.C2H5O.Na/c7-6-4-2-1-3-5-6;1-2-3;/h1-5H;2H2,1H3;/q;-1;+1. The first-order valence-corrected chi connectivity index (χ1v) is 3.47. The smallest absolute Gasteiger partial charge is 0.855 e. The molecule has 0 N–H and O–H groups in total. The molecule has 0 saturated carbocycles.